The minimum Gasteiger partial charge on any atom is -0.294 e. The Morgan fingerprint density at radius 2 is 2.00 bits per heavy atom. The van der Waals surface area contributed by atoms with Crippen LogP contribution in [0, 0.1) is 0 Å². The molecule has 0 saturated heterocycles. The molecule has 0 saturated carbocycles. The van der Waals surface area contributed by atoms with E-state index < -0.39 is 11.7 Å². The molecule has 0 N–H and O–H groups in total. The molecule has 0 fully saturated rings. The molecule has 11 heteroatoms. The van der Waals surface area contributed by atoms with Gasteiger partial charge in [-0.3, -0.25) is 14.5 Å². The lowest BCUT2D eigenvalue weighted by Crippen LogP contribution is -2.40. The first-order valence-corrected chi connectivity index (χ1v) is 13.3. The first-order valence-electron chi connectivity index (χ1n) is 10.5. The van der Waals surface area contributed by atoms with Gasteiger partial charge in [0.15, 0.2) is 10.1 Å². The summed E-state index contributed by atoms with van der Waals surface area (Å²) in [6.45, 7) is 0. The molecular weight excluding hydrogens is 503 g/mol. The maximum absolute atomic E-state index is 13.2. The number of halogens is 3. The molecule has 5 rings (SSSR count). The Labute approximate surface area is 205 Å². The standard InChI is InChI=1S/C23H18F3N3O2S3/c24-23(25,26)15-4-1-3-13(9-15)11-33-22-28-27-21(34-22)29-17-5-2-6-18(30)20(17)16(10-19(29)31)14-7-8-32-12-14/h1,3-4,7-9,12,16H,2,5-6,10-11H2/t16-/m1/s1. The Bertz CT molecular complexity index is 1270. The van der Waals surface area contributed by atoms with E-state index in [1.165, 1.54) is 45.4 Å². The molecule has 0 bridgehead atoms. The van der Waals surface area contributed by atoms with E-state index in [-0.39, 0.29) is 24.0 Å². The number of ketones is 1. The van der Waals surface area contributed by atoms with Gasteiger partial charge in [0.1, 0.15) is 0 Å². The van der Waals surface area contributed by atoms with E-state index in [0.717, 1.165) is 17.7 Å². The van der Waals surface area contributed by atoms with Crippen molar-refractivity contribution in [3.8, 4) is 0 Å². The van der Waals surface area contributed by atoms with Gasteiger partial charge in [-0.05, 0) is 46.9 Å². The largest absolute Gasteiger partial charge is 0.416 e. The first kappa shape index (κ1) is 23.3. The van der Waals surface area contributed by atoms with E-state index >= 15 is 0 Å². The number of aromatic nitrogens is 2. The van der Waals surface area contributed by atoms with E-state index in [4.69, 9.17) is 0 Å². The maximum Gasteiger partial charge on any atom is 0.416 e. The Hall–Kier alpha value is -2.50. The second-order valence-corrected chi connectivity index (χ2v) is 11.0. The minimum atomic E-state index is -4.39. The highest BCUT2D eigenvalue weighted by Gasteiger charge is 2.41. The van der Waals surface area contributed by atoms with Crippen LogP contribution in [0.5, 0.6) is 0 Å². The second kappa shape index (κ2) is 9.27. The lowest BCUT2D eigenvalue weighted by atomic mass is 9.78. The van der Waals surface area contributed by atoms with Gasteiger partial charge in [-0.1, -0.05) is 41.3 Å². The van der Waals surface area contributed by atoms with E-state index in [1.54, 1.807) is 6.07 Å². The number of anilines is 1. The summed E-state index contributed by atoms with van der Waals surface area (Å²) in [5.41, 5.74) is 2.21. The number of rotatable bonds is 5. The molecule has 34 heavy (non-hydrogen) atoms. The summed E-state index contributed by atoms with van der Waals surface area (Å²) < 4.78 is 39.4. The van der Waals surface area contributed by atoms with Crippen LogP contribution in [-0.4, -0.2) is 21.9 Å². The molecule has 1 aliphatic carbocycles. The van der Waals surface area contributed by atoms with Gasteiger partial charge >= 0.3 is 6.18 Å². The lowest BCUT2D eigenvalue weighted by molar-refractivity contribution is -0.137. The molecule has 3 aromatic rings. The van der Waals surface area contributed by atoms with Crippen LogP contribution in [0.2, 0.25) is 0 Å². The number of thiophene rings is 1. The molecule has 2 aliphatic rings. The zero-order valence-corrected chi connectivity index (χ0v) is 20.1. The SMILES string of the molecule is O=C1CCCC2=C1[C@@H](c1ccsc1)CC(=O)N2c1nnc(SCc2cccc(C(F)(F)F)c2)s1. The van der Waals surface area contributed by atoms with Crippen molar-refractivity contribution in [1.82, 2.24) is 10.2 Å². The molecule has 0 radical (unpaired) electrons. The van der Waals surface area contributed by atoms with E-state index in [0.29, 0.717) is 51.3 Å². The average molecular weight is 522 g/mol. The molecule has 0 unspecified atom stereocenters. The Morgan fingerprint density at radius 3 is 2.76 bits per heavy atom. The number of hydrogen-bond acceptors (Lipinski definition) is 7. The molecule has 0 spiro atoms. The number of Topliss-reactive ketones (excluding diaryl/α,β-unsaturated/α-hetero) is 1. The van der Waals surface area contributed by atoms with Crippen molar-refractivity contribution >= 4 is 51.3 Å². The van der Waals surface area contributed by atoms with Gasteiger partial charge in [-0.15, -0.1) is 10.2 Å². The van der Waals surface area contributed by atoms with E-state index in [1.807, 2.05) is 16.8 Å². The summed E-state index contributed by atoms with van der Waals surface area (Å²) >= 11 is 4.01. The van der Waals surface area contributed by atoms with Crippen LogP contribution >= 0.6 is 34.4 Å². The zero-order chi connectivity index (χ0) is 23.9. The van der Waals surface area contributed by atoms with Crippen molar-refractivity contribution < 1.29 is 22.8 Å². The molecule has 1 aromatic carbocycles. The molecule has 3 heterocycles. The Kier molecular flexibility index (Phi) is 6.34. The van der Waals surface area contributed by atoms with Crippen LogP contribution in [0.4, 0.5) is 18.3 Å². The van der Waals surface area contributed by atoms with Crippen LogP contribution in [0.15, 0.2) is 56.7 Å². The fourth-order valence-electron chi connectivity index (χ4n) is 4.31. The summed E-state index contributed by atoms with van der Waals surface area (Å²) in [6.07, 6.45) is -2.45. The smallest absolute Gasteiger partial charge is 0.294 e. The number of hydrogen-bond donors (Lipinski definition) is 0. The predicted molar refractivity (Wildman–Crippen MR) is 126 cm³/mol. The van der Waals surface area contributed by atoms with Gasteiger partial charge in [0.05, 0.1) is 5.56 Å². The summed E-state index contributed by atoms with van der Waals surface area (Å²) in [5, 5.41) is 12.7. The fourth-order valence-corrected chi connectivity index (χ4v) is 6.85. The maximum atomic E-state index is 13.2. The van der Waals surface area contributed by atoms with Gasteiger partial charge in [0, 0.05) is 35.8 Å². The third kappa shape index (κ3) is 4.56. The van der Waals surface area contributed by atoms with E-state index in [9.17, 15) is 22.8 Å². The second-order valence-electron chi connectivity index (χ2n) is 8.02. The number of thioether (sulfide) groups is 1. The number of carbonyl (C=O) groups excluding carboxylic acids is 2. The predicted octanol–water partition coefficient (Wildman–Crippen LogP) is 6.44. The first-order chi connectivity index (χ1) is 16.3. The van der Waals surface area contributed by atoms with Crippen molar-refractivity contribution in [1.29, 1.82) is 0 Å². The van der Waals surface area contributed by atoms with Gasteiger partial charge in [0.2, 0.25) is 11.0 Å². The van der Waals surface area contributed by atoms with Crippen molar-refractivity contribution in [2.45, 2.75) is 47.9 Å². The van der Waals surface area contributed by atoms with Crippen molar-refractivity contribution in [3.05, 3.63) is 69.1 Å². The van der Waals surface area contributed by atoms with Gasteiger partial charge in [-0.2, -0.15) is 24.5 Å². The number of benzene rings is 1. The highest BCUT2D eigenvalue weighted by atomic mass is 32.2. The quantitative estimate of drug-likeness (QED) is 0.286. The summed E-state index contributed by atoms with van der Waals surface area (Å²) in [7, 11) is 0. The molecule has 2 aromatic heterocycles. The summed E-state index contributed by atoms with van der Waals surface area (Å²) in [5.74, 6) is -0.00610. The van der Waals surface area contributed by atoms with Gasteiger partial charge in [0.25, 0.3) is 0 Å². The van der Waals surface area contributed by atoms with Crippen LogP contribution in [0.25, 0.3) is 0 Å². The highest BCUT2D eigenvalue weighted by molar-refractivity contribution is 8.00. The number of amides is 1. The third-order valence-electron chi connectivity index (χ3n) is 5.82. The molecule has 1 aliphatic heterocycles. The van der Waals surface area contributed by atoms with Crippen LogP contribution in [-0.2, 0) is 21.5 Å². The average Bonchev–Trinajstić information content (AvgIpc) is 3.49. The monoisotopic (exact) mass is 521 g/mol. The van der Waals surface area contributed by atoms with Crippen LogP contribution < -0.4 is 4.90 Å². The minimum absolute atomic E-state index is 0.0682. The van der Waals surface area contributed by atoms with Crippen LogP contribution in [0.1, 0.15) is 48.3 Å². The topological polar surface area (TPSA) is 63.2 Å². The fraction of sp³-hybridized carbons (Fsp3) is 0.304. The number of carbonyl (C=O) groups is 2. The summed E-state index contributed by atoms with van der Waals surface area (Å²) in [4.78, 5) is 27.6. The molecular formula is C23H18F3N3O2S3. The molecule has 5 nitrogen and oxygen atoms in total. The Morgan fingerprint density at radius 1 is 1.15 bits per heavy atom. The highest BCUT2D eigenvalue weighted by Crippen LogP contribution is 2.45. The Balaban J connectivity index is 1.39. The normalized spacial score (nSPS) is 19.0. The molecule has 1 atom stereocenters. The summed E-state index contributed by atoms with van der Waals surface area (Å²) in [6, 6.07) is 7.14. The number of allylic oxidation sites excluding steroid dienone is 2. The van der Waals surface area contributed by atoms with Gasteiger partial charge in [-0.25, -0.2) is 0 Å². The number of alkyl halides is 3. The van der Waals surface area contributed by atoms with Crippen molar-refractivity contribution in [3.63, 3.8) is 0 Å². The van der Waals surface area contributed by atoms with E-state index in [2.05, 4.69) is 10.2 Å². The van der Waals surface area contributed by atoms with Gasteiger partial charge < -0.3 is 0 Å². The lowest BCUT2D eigenvalue weighted by Gasteiger charge is -2.36. The zero-order valence-electron chi connectivity index (χ0n) is 17.7. The molecule has 1 amide bonds. The van der Waals surface area contributed by atoms with Crippen LogP contribution in [0.3, 0.4) is 0 Å². The number of nitrogens with zero attached hydrogens (tertiary/aromatic N) is 3. The third-order valence-corrected chi connectivity index (χ3v) is 8.64. The molecule has 176 valence electrons. The van der Waals surface area contributed by atoms with Crippen molar-refractivity contribution in [2.75, 3.05) is 4.90 Å². The van der Waals surface area contributed by atoms with Crippen molar-refractivity contribution in [2.24, 2.45) is 0 Å².